The molecule has 0 spiro atoms. The third-order valence-electron chi connectivity index (χ3n) is 4.35. The van der Waals surface area contributed by atoms with Crippen molar-refractivity contribution >= 4 is 10.0 Å². The van der Waals surface area contributed by atoms with Crippen LogP contribution in [0.3, 0.4) is 0 Å². The van der Waals surface area contributed by atoms with Crippen molar-refractivity contribution in [1.82, 2.24) is 9.62 Å². The van der Waals surface area contributed by atoms with Crippen LogP contribution >= 0.6 is 0 Å². The maximum atomic E-state index is 11.7. The highest BCUT2D eigenvalue weighted by atomic mass is 32.2. The summed E-state index contributed by atoms with van der Waals surface area (Å²) in [6, 6.07) is 0.473. The fraction of sp³-hybridized carbons (Fsp3) is 1.00. The molecule has 0 heterocycles. The van der Waals surface area contributed by atoms with Gasteiger partial charge in [-0.15, -0.1) is 0 Å². The molecule has 3 atom stereocenters. The van der Waals surface area contributed by atoms with Gasteiger partial charge >= 0.3 is 0 Å². The minimum absolute atomic E-state index is 0.190. The summed E-state index contributed by atoms with van der Waals surface area (Å²) in [4.78, 5) is 0. The molecule has 0 amide bonds. The Morgan fingerprint density at radius 3 is 2.42 bits per heavy atom. The summed E-state index contributed by atoms with van der Waals surface area (Å²) in [5.41, 5.74) is 0. The van der Waals surface area contributed by atoms with E-state index in [4.69, 9.17) is 0 Å². The smallest absolute Gasteiger partial charge is 0.214 e. The number of rotatable bonds is 6. The highest BCUT2D eigenvalue weighted by Crippen LogP contribution is 2.33. The molecule has 0 aromatic rings. The summed E-state index contributed by atoms with van der Waals surface area (Å²) in [5, 5.41) is 3.49. The maximum absolute atomic E-state index is 11.7. The van der Waals surface area contributed by atoms with E-state index < -0.39 is 10.0 Å². The van der Waals surface area contributed by atoms with Gasteiger partial charge in [0.15, 0.2) is 0 Å². The van der Waals surface area contributed by atoms with Crippen LogP contribution < -0.4 is 5.32 Å². The van der Waals surface area contributed by atoms with Crippen LogP contribution in [0, 0.1) is 17.8 Å². The zero-order valence-electron chi connectivity index (χ0n) is 13.0. The molecule has 19 heavy (non-hydrogen) atoms. The number of sulfonamides is 1. The first-order valence-corrected chi connectivity index (χ1v) is 8.98. The van der Waals surface area contributed by atoms with E-state index in [9.17, 15) is 8.42 Å². The highest BCUT2D eigenvalue weighted by Gasteiger charge is 2.30. The summed E-state index contributed by atoms with van der Waals surface area (Å²) in [6.45, 7) is 7.39. The number of nitrogens with zero attached hydrogens (tertiary/aromatic N) is 1. The number of hydrogen-bond acceptors (Lipinski definition) is 3. The molecule has 1 rings (SSSR count). The Hall–Kier alpha value is -0.130. The molecule has 1 N–H and O–H groups in total. The van der Waals surface area contributed by atoms with Crippen molar-refractivity contribution in [3.05, 3.63) is 0 Å². The summed E-state index contributed by atoms with van der Waals surface area (Å²) in [5.74, 6) is 2.28. The van der Waals surface area contributed by atoms with Gasteiger partial charge in [-0.05, 0) is 30.6 Å². The van der Waals surface area contributed by atoms with Crippen LogP contribution in [0.2, 0.25) is 0 Å². The zero-order valence-corrected chi connectivity index (χ0v) is 13.8. The van der Waals surface area contributed by atoms with Gasteiger partial charge in [-0.2, -0.15) is 0 Å². The van der Waals surface area contributed by atoms with Crippen molar-refractivity contribution in [2.45, 2.75) is 46.1 Å². The molecule has 3 unspecified atom stereocenters. The van der Waals surface area contributed by atoms with Crippen LogP contribution in [0.4, 0.5) is 0 Å². The second-order valence-corrected chi connectivity index (χ2v) is 8.79. The van der Waals surface area contributed by atoms with Crippen molar-refractivity contribution in [2.75, 3.05) is 26.4 Å². The highest BCUT2D eigenvalue weighted by molar-refractivity contribution is 7.89. The molecule has 0 radical (unpaired) electrons. The van der Waals surface area contributed by atoms with E-state index in [1.165, 1.54) is 23.6 Å². The van der Waals surface area contributed by atoms with E-state index in [1.54, 1.807) is 14.1 Å². The van der Waals surface area contributed by atoms with Gasteiger partial charge in [0, 0.05) is 26.7 Å². The van der Waals surface area contributed by atoms with Crippen molar-refractivity contribution in [1.29, 1.82) is 0 Å². The molecule has 1 saturated carbocycles. The van der Waals surface area contributed by atoms with E-state index in [2.05, 4.69) is 26.1 Å². The van der Waals surface area contributed by atoms with Crippen LogP contribution in [-0.2, 0) is 10.0 Å². The monoisotopic (exact) mass is 290 g/mol. The van der Waals surface area contributed by atoms with E-state index in [-0.39, 0.29) is 5.75 Å². The van der Waals surface area contributed by atoms with Crippen LogP contribution in [0.25, 0.3) is 0 Å². The van der Waals surface area contributed by atoms with Crippen LogP contribution in [-0.4, -0.2) is 45.2 Å². The molecule has 114 valence electrons. The van der Waals surface area contributed by atoms with E-state index in [1.807, 2.05) is 0 Å². The molecular formula is C14H30N2O2S. The summed E-state index contributed by atoms with van der Waals surface area (Å²) in [7, 11) is 0.105. The first-order valence-electron chi connectivity index (χ1n) is 7.37. The Balaban J connectivity index is 2.49. The largest absolute Gasteiger partial charge is 0.313 e. The topological polar surface area (TPSA) is 49.4 Å². The predicted molar refractivity (Wildman–Crippen MR) is 80.6 cm³/mol. The van der Waals surface area contributed by atoms with Gasteiger partial charge in [-0.25, -0.2) is 12.7 Å². The quantitative estimate of drug-likeness (QED) is 0.813. The first-order chi connectivity index (χ1) is 8.74. The van der Waals surface area contributed by atoms with Crippen LogP contribution in [0.1, 0.15) is 40.0 Å². The lowest BCUT2D eigenvalue weighted by molar-refractivity contribution is 0.172. The Kier molecular flexibility index (Phi) is 6.27. The van der Waals surface area contributed by atoms with Gasteiger partial charge in [0.1, 0.15) is 0 Å². The molecule has 0 bridgehead atoms. The van der Waals surface area contributed by atoms with Crippen molar-refractivity contribution < 1.29 is 8.42 Å². The van der Waals surface area contributed by atoms with Gasteiger partial charge in [0.25, 0.3) is 0 Å². The van der Waals surface area contributed by atoms with Crippen LogP contribution in [0.15, 0.2) is 0 Å². The standard InChI is InChI=1S/C14H30N2O2S/c1-11(2)13-7-6-12(3)10-14(13)15-8-9-19(17,18)16(4)5/h11-15H,6-10H2,1-5H3. The van der Waals surface area contributed by atoms with Crippen LogP contribution in [0.5, 0.6) is 0 Å². The van der Waals surface area contributed by atoms with Crippen molar-refractivity contribution in [2.24, 2.45) is 17.8 Å². The summed E-state index contributed by atoms with van der Waals surface area (Å²) in [6.07, 6.45) is 3.73. The summed E-state index contributed by atoms with van der Waals surface area (Å²) >= 11 is 0. The van der Waals surface area contributed by atoms with Gasteiger partial charge in [0.2, 0.25) is 10.0 Å². The lowest BCUT2D eigenvalue weighted by Gasteiger charge is -2.38. The van der Waals surface area contributed by atoms with Gasteiger partial charge in [0.05, 0.1) is 5.75 Å². The second-order valence-electron chi connectivity index (χ2n) is 6.49. The van der Waals surface area contributed by atoms with Crippen molar-refractivity contribution in [3.63, 3.8) is 0 Å². The average Bonchev–Trinajstić information content (AvgIpc) is 2.28. The van der Waals surface area contributed by atoms with Gasteiger partial charge in [-0.3, -0.25) is 0 Å². The molecule has 0 aromatic heterocycles. The minimum atomic E-state index is -3.08. The Labute approximate surface area is 119 Å². The molecule has 1 fully saturated rings. The molecule has 0 saturated heterocycles. The maximum Gasteiger partial charge on any atom is 0.214 e. The molecule has 1 aliphatic carbocycles. The third kappa shape index (κ3) is 5.04. The van der Waals surface area contributed by atoms with Gasteiger partial charge < -0.3 is 5.32 Å². The lowest BCUT2D eigenvalue weighted by atomic mass is 9.74. The molecule has 0 aliphatic heterocycles. The first kappa shape index (κ1) is 16.9. The minimum Gasteiger partial charge on any atom is -0.313 e. The Morgan fingerprint density at radius 2 is 1.89 bits per heavy atom. The van der Waals surface area contributed by atoms with E-state index in [0.717, 1.165) is 5.92 Å². The molecule has 5 heteroatoms. The zero-order chi connectivity index (χ0) is 14.6. The lowest BCUT2D eigenvalue weighted by Crippen LogP contribution is -2.45. The fourth-order valence-corrected chi connectivity index (χ4v) is 3.73. The average molecular weight is 290 g/mol. The van der Waals surface area contributed by atoms with Crippen molar-refractivity contribution in [3.8, 4) is 0 Å². The van der Waals surface area contributed by atoms with Gasteiger partial charge in [-0.1, -0.05) is 27.2 Å². The number of nitrogens with one attached hydrogen (secondary N) is 1. The van der Waals surface area contributed by atoms with E-state index >= 15 is 0 Å². The second kappa shape index (κ2) is 7.04. The predicted octanol–water partition coefficient (Wildman–Crippen LogP) is 1.93. The molecule has 4 nitrogen and oxygen atoms in total. The number of hydrogen-bond donors (Lipinski definition) is 1. The third-order valence-corrected chi connectivity index (χ3v) is 6.18. The SMILES string of the molecule is CC1CCC(C(C)C)C(NCCS(=O)(=O)N(C)C)C1. The summed E-state index contributed by atoms with van der Waals surface area (Å²) < 4.78 is 24.8. The fourth-order valence-electron chi connectivity index (χ4n) is 2.99. The van der Waals surface area contributed by atoms with E-state index in [0.29, 0.717) is 24.4 Å². The Morgan fingerprint density at radius 1 is 1.26 bits per heavy atom. The molecular weight excluding hydrogens is 260 g/mol. The normalized spacial score (nSPS) is 29.1. The Bertz CT molecular complexity index is 366. The molecule has 0 aromatic carbocycles. The molecule has 1 aliphatic rings.